The molecular formula is C17H17BrN2O2S. The van der Waals surface area contributed by atoms with E-state index < -0.39 is 0 Å². The van der Waals surface area contributed by atoms with Crippen molar-refractivity contribution in [2.45, 2.75) is 13.8 Å². The van der Waals surface area contributed by atoms with Crippen LogP contribution >= 0.6 is 28.1 Å². The SMILES string of the molecule is COc1ccc(Br)cc1C(=O)NC(=S)Nc1cc(C)cc(C)c1. The first kappa shape index (κ1) is 17.4. The standard InChI is InChI=1S/C17H17BrN2O2S/c1-10-6-11(2)8-13(7-10)19-17(23)20-16(21)14-9-12(18)4-5-15(14)22-3/h4-9H,1-3H3,(H2,19,20,21,23). The Hall–Kier alpha value is -1.92. The van der Waals surface area contributed by atoms with Crippen LogP contribution in [0.4, 0.5) is 5.69 Å². The van der Waals surface area contributed by atoms with Gasteiger partial charge in [0.2, 0.25) is 0 Å². The Balaban J connectivity index is 2.11. The van der Waals surface area contributed by atoms with Crippen LogP contribution in [0.3, 0.4) is 0 Å². The maximum atomic E-state index is 12.4. The number of hydrogen-bond acceptors (Lipinski definition) is 3. The van der Waals surface area contributed by atoms with Gasteiger partial charge < -0.3 is 10.1 Å². The van der Waals surface area contributed by atoms with Gasteiger partial charge in [-0.1, -0.05) is 22.0 Å². The average Bonchev–Trinajstić information content (AvgIpc) is 2.45. The average molecular weight is 393 g/mol. The van der Waals surface area contributed by atoms with Crippen LogP contribution in [0.15, 0.2) is 40.9 Å². The Bertz CT molecular complexity index is 742. The number of carbonyl (C=O) groups is 1. The number of amides is 1. The lowest BCUT2D eigenvalue weighted by molar-refractivity contribution is 0.0974. The van der Waals surface area contributed by atoms with Gasteiger partial charge in [-0.15, -0.1) is 0 Å². The molecule has 120 valence electrons. The van der Waals surface area contributed by atoms with Gasteiger partial charge in [0.05, 0.1) is 12.7 Å². The van der Waals surface area contributed by atoms with E-state index in [-0.39, 0.29) is 11.0 Å². The first-order valence-electron chi connectivity index (χ1n) is 6.93. The van der Waals surface area contributed by atoms with E-state index in [9.17, 15) is 4.79 Å². The molecular weight excluding hydrogens is 376 g/mol. The molecule has 2 N–H and O–H groups in total. The molecule has 2 aromatic carbocycles. The van der Waals surface area contributed by atoms with E-state index >= 15 is 0 Å². The number of hydrogen-bond donors (Lipinski definition) is 2. The zero-order valence-electron chi connectivity index (χ0n) is 13.1. The number of benzene rings is 2. The molecule has 0 atom stereocenters. The van der Waals surface area contributed by atoms with Gasteiger partial charge >= 0.3 is 0 Å². The predicted octanol–water partition coefficient (Wildman–Crippen LogP) is 4.20. The van der Waals surface area contributed by atoms with E-state index in [2.05, 4.69) is 32.6 Å². The Morgan fingerprint density at radius 1 is 1.13 bits per heavy atom. The van der Waals surface area contributed by atoms with Gasteiger partial charge in [0.25, 0.3) is 5.91 Å². The van der Waals surface area contributed by atoms with Crippen LogP contribution in [0, 0.1) is 13.8 Å². The second kappa shape index (κ2) is 7.57. The molecule has 0 bridgehead atoms. The van der Waals surface area contributed by atoms with E-state index in [1.165, 1.54) is 7.11 Å². The lowest BCUT2D eigenvalue weighted by atomic mass is 10.1. The summed E-state index contributed by atoms with van der Waals surface area (Å²) in [5, 5.41) is 5.93. The summed E-state index contributed by atoms with van der Waals surface area (Å²) in [6.45, 7) is 4.01. The van der Waals surface area contributed by atoms with Gasteiger partial charge in [-0.25, -0.2) is 0 Å². The van der Waals surface area contributed by atoms with Crippen molar-refractivity contribution < 1.29 is 9.53 Å². The smallest absolute Gasteiger partial charge is 0.261 e. The van der Waals surface area contributed by atoms with E-state index in [4.69, 9.17) is 17.0 Å². The fourth-order valence-electron chi connectivity index (χ4n) is 2.24. The fourth-order valence-corrected chi connectivity index (χ4v) is 2.81. The topological polar surface area (TPSA) is 50.4 Å². The fraction of sp³-hybridized carbons (Fsp3) is 0.176. The molecule has 0 saturated carbocycles. The second-order valence-corrected chi connectivity index (χ2v) is 6.45. The maximum absolute atomic E-state index is 12.4. The van der Waals surface area contributed by atoms with Crippen molar-refractivity contribution >= 4 is 44.9 Å². The minimum absolute atomic E-state index is 0.238. The molecule has 23 heavy (non-hydrogen) atoms. The van der Waals surface area contributed by atoms with Gasteiger partial charge in [0.15, 0.2) is 5.11 Å². The summed E-state index contributed by atoms with van der Waals surface area (Å²) in [6, 6.07) is 11.2. The molecule has 0 aliphatic heterocycles. The van der Waals surface area contributed by atoms with Crippen LogP contribution < -0.4 is 15.4 Å². The zero-order chi connectivity index (χ0) is 17.0. The molecule has 0 heterocycles. The molecule has 0 fully saturated rings. The third kappa shape index (κ3) is 4.77. The van der Waals surface area contributed by atoms with Crippen molar-refractivity contribution in [2.24, 2.45) is 0 Å². The van der Waals surface area contributed by atoms with Crippen molar-refractivity contribution in [3.8, 4) is 5.75 Å². The minimum atomic E-state index is -0.329. The highest BCUT2D eigenvalue weighted by Gasteiger charge is 2.14. The summed E-state index contributed by atoms with van der Waals surface area (Å²) in [4.78, 5) is 12.4. The number of aryl methyl sites for hydroxylation is 2. The molecule has 0 aliphatic rings. The Morgan fingerprint density at radius 3 is 2.39 bits per heavy atom. The highest BCUT2D eigenvalue weighted by Crippen LogP contribution is 2.23. The number of carbonyl (C=O) groups excluding carboxylic acids is 1. The van der Waals surface area contributed by atoms with Gasteiger partial charge in [0, 0.05) is 10.2 Å². The Labute approximate surface area is 149 Å². The lowest BCUT2D eigenvalue weighted by Gasteiger charge is -2.13. The normalized spacial score (nSPS) is 10.1. The van der Waals surface area contributed by atoms with E-state index in [0.29, 0.717) is 11.3 Å². The van der Waals surface area contributed by atoms with Gasteiger partial charge in [-0.3, -0.25) is 10.1 Å². The largest absolute Gasteiger partial charge is 0.496 e. The molecule has 0 saturated heterocycles. The summed E-state index contributed by atoms with van der Waals surface area (Å²) in [5.74, 6) is 0.157. The van der Waals surface area contributed by atoms with Crippen LogP contribution in [0.25, 0.3) is 0 Å². The molecule has 0 spiro atoms. The first-order valence-corrected chi connectivity index (χ1v) is 8.13. The van der Waals surface area contributed by atoms with Crippen molar-refractivity contribution in [3.63, 3.8) is 0 Å². The highest BCUT2D eigenvalue weighted by molar-refractivity contribution is 9.10. The minimum Gasteiger partial charge on any atom is -0.496 e. The third-order valence-electron chi connectivity index (χ3n) is 3.11. The second-order valence-electron chi connectivity index (χ2n) is 5.13. The summed E-state index contributed by atoms with van der Waals surface area (Å²) >= 11 is 8.56. The van der Waals surface area contributed by atoms with Gasteiger partial charge in [-0.2, -0.15) is 0 Å². The van der Waals surface area contributed by atoms with Gasteiger partial charge in [0.1, 0.15) is 5.75 Å². The molecule has 6 heteroatoms. The third-order valence-corrected chi connectivity index (χ3v) is 3.81. The summed E-state index contributed by atoms with van der Waals surface area (Å²) in [5.41, 5.74) is 3.49. The number of anilines is 1. The molecule has 2 aromatic rings. The first-order chi connectivity index (χ1) is 10.9. The number of rotatable bonds is 3. The van der Waals surface area contributed by atoms with Crippen molar-refractivity contribution in [1.29, 1.82) is 0 Å². The van der Waals surface area contributed by atoms with E-state index in [0.717, 1.165) is 21.3 Å². The zero-order valence-corrected chi connectivity index (χ0v) is 15.5. The molecule has 0 aliphatic carbocycles. The van der Waals surface area contributed by atoms with Crippen LogP contribution in [-0.2, 0) is 0 Å². The number of halogens is 1. The lowest BCUT2D eigenvalue weighted by Crippen LogP contribution is -2.34. The van der Waals surface area contributed by atoms with Crippen molar-refractivity contribution in [1.82, 2.24) is 5.32 Å². The van der Waals surface area contributed by atoms with Gasteiger partial charge in [-0.05, 0) is 67.5 Å². The van der Waals surface area contributed by atoms with Crippen molar-refractivity contribution in [2.75, 3.05) is 12.4 Å². The maximum Gasteiger partial charge on any atom is 0.261 e. The molecule has 0 radical (unpaired) electrons. The van der Waals surface area contributed by atoms with E-state index in [1.807, 2.05) is 32.0 Å². The number of ether oxygens (including phenoxy) is 1. The quantitative estimate of drug-likeness (QED) is 0.768. The number of methoxy groups -OCH3 is 1. The highest BCUT2D eigenvalue weighted by atomic mass is 79.9. The van der Waals surface area contributed by atoms with Crippen LogP contribution in [0.5, 0.6) is 5.75 Å². The molecule has 2 rings (SSSR count). The Morgan fingerprint density at radius 2 is 1.78 bits per heavy atom. The monoisotopic (exact) mass is 392 g/mol. The molecule has 0 unspecified atom stereocenters. The number of nitrogens with one attached hydrogen (secondary N) is 2. The number of thiocarbonyl (C=S) groups is 1. The predicted molar refractivity (Wildman–Crippen MR) is 100 cm³/mol. The molecule has 4 nitrogen and oxygen atoms in total. The molecule has 1 amide bonds. The van der Waals surface area contributed by atoms with Crippen LogP contribution in [0.2, 0.25) is 0 Å². The summed E-state index contributed by atoms with van der Waals surface area (Å²) in [6.07, 6.45) is 0. The van der Waals surface area contributed by atoms with Crippen LogP contribution in [-0.4, -0.2) is 18.1 Å². The summed E-state index contributed by atoms with van der Waals surface area (Å²) in [7, 11) is 1.52. The van der Waals surface area contributed by atoms with Crippen LogP contribution in [0.1, 0.15) is 21.5 Å². The van der Waals surface area contributed by atoms with E-state index in [1.54, 1.807) is 12.1 Å². The van der Waals surface area contributed by atoms with Crippen molar-refractivity contribution in [3.05, 3.63) is 57.6 Å². The summed E-state index contributed by atoms with van der Waals surface area (Å²) < 4.78 is 6.00. The Kier molecular flexibility index (Phi) is 5.74. The molecule has 0 aromatic heterocycles.